The first-order valence-electron chi connectivity index (χ1n) is 6.38. The molecule has 0 saturated heterocycles. The molecule has 0 aliphatic heterocycles. The molecule has 1 unspecified atom stereocenters. The molecular weight excluding hydrogens is 228 g/mol. The fourth-order valence-corrected chi connectivity index (χ4v) is 2.21. The summed E-state index contributed by atoms with van der Waals surface area (Å²) in [5, 5.41) is 0. The molecule has 0 fully saturated rings. The zero-order valence-electron chi connectivity index (χ0n) is 10.7. The first kappa shape index (κ1) is 12.9. The van der Waals surface area contributed by atoms with Gasteiger partial charge < -0.3 is 16.2 Å². The summed E-state index contributed by atoms with van der Waals surface area (Å²) in [6.07, 6.45) is 3.25. The Bertz CT molecular complexity index is 445. The minimum atomic E-state index is -0.343. The van der Waals surface area contributed by atoms with Gasteiger partial charge in [-0.05, 0) is 42.5 Å². The van der Waals surface area contributed by atoms with Crippen LogP contribution in [0, 0.1) is 5.92 Å². The van der Waals surface area contributed by atoms with Gasteiger partial charge >= 0.3 is 0 Å². The number of primary amides is 1. The van der Waals surface area contributed by atoms with Gasteiger partial charge in [-0.25, -0.2) is 0 Å². The van der Waals surface area contributed by atoms with Crippen molar-refractivity contribution in [3.63, 3.8) is 0 Å². The molecule has 1 aromatic carbocycles. The number of rotatable bonds is 4. The first-order valence-corrected chi connectivity index (χ1v) is 6.38. The highest BCUT2D eigenvalue weighted by Gasteiger charge is 2.17. The van der Waals surface area contributed by atoms with E-state index in [1.807, 2.05) is 12.1 Å². The lowest BCUT2D eigenvalue weighted by Gasteiger charge is -2.23. The summed E-state index contributed by atoms with van der Waals surface area (Å²) in [6, 6.07) is 6.10. The minimum absolute atomic E-state index is 0.103. The van der Waals surface area contributed by atoms with E-state index in [4.69, 9.17) is 16.2 Å². The molecule has 4 N–H and O–H groups in total. The van der Waals surface area contributed by atoms with Crippen molar-refractivity contribution >= 4 is 5.91 Å². The number of hydrogen-bond donors (Lipinski definition) is 2. The summed E-state index contributed by atoms with van der Waals surface area (Å²) in [5.74, 6) is 0.138. The topological polar surface area (TPSA) is 78.3 Å². The molecule has 1 aliphatic carbocycles. The zero-order chi connectivity index (χ0) is 13.1. The van der Waals surface area contributed by atoms with Gasteiger partial charge in [0.2, 0.25) is 5.91 Å². The first-order chi connectivity index (χ1) is 8.58. The maximum absolute atomic E-state index is 10.9. The third-order valence-corrected chi connectivity index (χ3v) is 3.46. The summed E-state index contributed by atoms with van der Waals surface area (Å²) in [4.78, 5) is 10.9. The maximum Gasteiger partial charge on any atom is 0.223 e. The number of carbonyl (C=O) groups is 1. The average Bonchev–Trinajstić information content (AvgIpc) is 2.36. The van der Waals surface area contributed by atoms with E-state index in [0.717, 1.165) is 25.0 Å². The van der Waals surface area contributed by atoms with Crippen molar-refractivity contribution < 1.29 is 9.53 Å². The van der Waals surface area contributed by atoms with Gasteiger partial charge in [-0.3, -0.25) is 4.79 Å². The normalized spacial score (nSPS) is 20.0. The summed E-state index contributed by atoms with van der Waals surface area (Å²) in [5.41, 5.74) is 13.8. The predicted octanol–water partition coefficient (Wildman–Crippen LogP) is 1.52. The Balaban J connectivity index is 2.06. The molecule has 0 heterocycles. The second-order valence-electron chi connectivity index (χ2n) is 4.97. The van der Waals surface area contributed by atoms with Gasteiger partial charge in [0.25, 0.3) is 0 Å². The Hall–Kier alpha value is -1.55. The van der Waals surface area contributed by atoms with E-state index in [0.29, 0.717) is 6.61 Å². The van der Waals surface area contributed by atoms with E-state index >= 15 is 0 Å². The van der Waals surface area contributed by atoms with Crippen LogP contribution in [0.1, 0.15) is 36.9 Å². The molecule has 2 atom stereocenters. The van der Waals surface area contributed by atoms with Gasteiger partial charge in [0.1, 0.15) is 5.75 Å². The molecule has 1 aromatic rings. The highest BCUT2D eigenvalue weighted by atomic mass is 16.5. The van der Waals surface area contributed by atoms with E-state index in [-0.39, 0.29) is 17.9 Å². The van der Waals surface area contributed by atoms with E-state index in [1.54, 1.807) is 6.92 Å². The summed E-state index contributed by atoms with van der Waals surface area (Å²) in [7, 11) is 0. The van der Waals surface area contributed by atoms with Gasteiger partial charge in [0.05, 0.1) is 12.5 Å². The predicted molar refractivity (Wildman–Crippen MR) is 70.2 cm³/mol. The molecule has 0 bridgehead atoms. The number of aryl methyl sites for hydroxylation is 1. The Morgan fingerprint density at radius 1 is 1.56 bits per heavy atom. The third kappa shape index (κ3) is 2.82. The Morgan fingerprint density at radius 3 is 3.06 bits per heavy atom. The van der Waals surface area contributed by atoms with Crippen molar-refractivity contribution in [1.29, 1.82) is 0 Å². The number of benzene rings is 1. The van der Waals surface area contributed by atoms with Crippen LogP contribution in [0.25, 0.3) is 0 Å². The van der Waals surface area contributed by atoms with Crippen LogP contribution in [-0.2, 0) is 11.2 Å². The molecule has 0 saturated carbocycles. The number of ether oxygens (including phenoxy) is 1. The summed E-state index contributed by atoms with van der Waals surface area (Å²) < 4.78 is 5.59. The number of carbonyl (C=O) groups excluding carboxylic acids is 1. The molecule has 0 aromatic heterocycles. The Morgan fingerprint density at radius 2 is 2.33 bits per heavy atom. The quantitative estimate of drug-likeness (QED) is 0.848. The van der Waals surface area contributed by atoms with Crippen LogP contribution in [0.4, 0.5) is 0 Å². The third-order valence-electron chi connectivity index (χ3n) is 3.46. The molecule has 2 rings (SSSR count). The molecule has 18 heavy (non-hydrogen) atoms. The van der Waals surface area contributed by atoms with Crippen LogP contribution < -0.4 is 16.2 Å². The summed E-state index contributed by atoms with van der Waals surface area (Å²) in [6.45, 7) is 2.07. The van der Waals surface area contributed by atoms with Gasteiger partial charge in [0, 0.05) is 6.04 Å². The Labute approximate surface area is 107 Å². The average molecular weight is 248 g/mol. The van der Waals surface area contributed by atoms with Crippen LogP contribution in [-0.4, -0.2) is 12.5 Å². The maximum atomic E-state index is 10.9. The number of fused-ring (bicyclic) bond motifs is 1. The minimum Gasteiger partial charge on any atom is -0.493 e. The van der Waals surface area contributed by atoms with Gasteiger partial charge in [-0.1, -0.05) is 13.0 Å². The van der Waals surface area contributed by atoms with Gasteiger partial charge in [0.15, 0.2) is 0 Å². The molecule has 4 nitrogen and oxygen atoms in total. The van der Waals surface area contributed by atoms with Gasteiger partial charge in [-0.2, -0.15) is 0 Å². The fourth-order valence-electron chi connectivity index (χ4n) is 2.21. The van der Waals surface area contributed by atoms with E-state index < -0.39 is 0 Å². The van der Waals surface area contributed by atoms with E-state index in [1.165, 1.54) is 11.1 Å². The second-order valence-corrected chi connectivity index (χ2v) is 4.97. The second kappa shape index (κ2) is 5.40. The highest BCUT2D eigenvalue weighted by Crippen LogP contribution is 2.30. The van der Waals surface area contributed by atoms with Crippen molar-refractivity contribution in [2.45, 2.75) is 32.2 Å². The largest absolute Gasteiger partial charge is 0.493 e. The van der Waals surface area contributed by atoms with Crippen molar-refractivity contribution in [3.05, 3.63) is 29.3 Å². The molecule has 0 radical (unpaired) electrons. The standard InChI is InChI=1S/C14H20N2O2/c1-9(14(16)17)8-18-11-6-5-10-3-2-4-13(15)12(10)7-11/h5-7,9,13H,2-4,8,15H2,1H3,(H2,16,17)/t9?,13-/m1/s1. The molecule has 4 heteroatoms. The Kier molecular flexibility index (Phi) is 3.87. The smallest absolute Gasteiger partial charge is 0.223 e. The summed E-state index contributed by atoms with van der Waals surface area (Å²) >= 11 is 0. The van der Waals surface area contributed by atoms with Crippen LogP contribution in [0.3, 0.4) is 0 Å². The van der Waals surface area contributed by atoms with Crippen molar-refractivity contribution in [2.24, 2.45) is 17.4 Å². The monoisotopic (exact) mass is 248 g/mol. The SMILES string of the molecule is CC(COc1ccc2c(c1)[C@H](N)CCC2)C(N)=O. The van der Waals surface area contributed by atoms with Crippen LogP contribution >= 0.6 is 0 Å². The fraction of sp³-hybridized carbons (Fsp3) is 0.500. The highest BCUT2D eigenvalue weighted by molar-refractivity contribution is 5.76. The molecular formula is C14H20N2O2. The van der Waals surface area contributed by atoms with Crippen molar-refractivity contribution in [2.75, 3.05) is 6.61 Å². The lowest BCUT2D eigenvalue weighted by molar-refractivity contribution is -0.122. The molecule has 1 amide bonds. The van der Waals surface area contributed by atoms with Crippen molar-refractivity contribution in [1.82, 2.24) is 0 Å². The van der Waals surface area contributed by atoms with E-state index in [2.05, 4.69) is 6.07 Å². The number of amides is 1. The van der Waals surface area contributed by atoms with Crippen LogP contribution in [0.15, 0.2) is 18.2 Å². The van der Waals surface area contributed by atoms with Crippen molar-refractivity contribution in [3.8, 4) is 5.75 Å². The van der Waals surface area contributed by atoms with Gasteiger partial charge in [-0.15, -0.1) is 0 Å². The lowest BCUT2D eigenvalue weighted by atomic mass is 9.88. The van der Waals surface area contributed by atoms with E-state index in [9.17, 15) is 4.79 Å². The molecule has 1 aliphatic rings. The number of nitrogens with two attached hydrogens (primary N) is 2. The molecule has 0 spiro atoms. The number of hydrogen-bond acceptors (Lipinski definition) is 3. The molecule has 98 valence electrons. The van der Waals surface area contributed by atoms with Crippen LogP contribution in [0.5, 0.6) is 5.75 Å². The zero-order valence-corrected chi connectivity index (χ0v) is 10.7. The van der Waals surface area contributed by atoms with Crippen LogP contribution in [0.2, 0.25) is 0 Å². The lowest BCUT2D eigenvalue weighted by Crippen LogP contribution is -2.26.